The zero-order valence-electron chi connectivity index (χ0n) is 13.4. The summed E-state index contributed by atoms with van der Waals surface area (Å²) in [6.07, 6.45) is 0.916. The molecule has 0 spiro atoms. The second-order valence-electron chi connectivity index (χ2n) is 5.98. The predicted octanol–water partition coefficient (Wildman–Crippen LogP) is 4.10. The Bertz CT molecular complexity index is 775. The number of ether oxygens (including phenoxy) is 1. The first-order valence-electron chi connectivity index (χ1n) is 8.01. The van der Waals surface area contributed by atoms with Crippen molar-refractivity contribution in [3.8, 4) is 0 Å². The molecule has 0 radical (unpaired) electrons. The van der Waals surface area contributed by atoms with E-state index in [4.69, 9.17) is 27.9 Å². The normalized spacial score (nSPS) is 14.6. The summed E-state index contributed by atoms with van der Waals surface area (Å²) in [4.78, 5) is 24.8. The van der Waals surface area contributed by atoms with Crippen LogP contribution in [0.25, 0.3) is 0 Å². The van der Waals surface area contributed by atoms with E-state index in [9.17, 15) is 9.59 Å². The van der Waals surface area contributed by atoms with Gasteiger partial charge in [0.15, 0.2) is 0 Å². The molecule has 1 saturated carbocycles. The maximum absolute atomic E-state index is 12.5. The van der Waals surface area contributed by atoms with Crippen LogP contribution in [0.4, 0.5) is 0 Å². The minimum atomic E-state index is -0.972. The van der Waals surface area contributed by atoms with Crippen LogP contribution in [0, 0.1) is 0 Å². The Morgan fingerprint density at radius 3 is 2.48 bits per heavy atom. The van der Waals surface area contributed by atoms with Crippen LogP contribution >= 0.6 is 23.2 Å². The van der Waals surface area contributed by atoms with Gasteiger partial charge in [-0.2, -0.15) is 0 Å². The van der Waals surface area contributed by atoms with Gasteiger partial charge in [-0.15, -0.1) is 0 Å². The van der Waals surface area contributed by atoms with Crippen molar-refractivity contribution in [3.63, 3.8) is 0 Å². The lowest BCUT2D eigenvalue weighted by Gasteiger charge is -2.18. The maximum atomic E-state index is 12.5. The molecule has 0 aliphatic heterocycles. The Kier molecular flexibility index (Phi) is 5.61. The summed E-state index contributed by atoms with van der Waals surface area (Å²) in [6.45, 7) is 0. The van der Waals surface area contributed by atoms with E-state index in [1.54, 1.807) is 42.5 Å². The van der Waals surface area contributed by atoms with E-state index in [0.717, 1.165) is 12.8 Å². The molecule has 0 aromatic heterocycles. The fourth-order valence-electron chi connectivity index (χ4n) is 2.40. The van der Waals surface area contributed by atoms with Crippen LogP contribution in [0.5, 0.6) is 0 Å². The molecule has 1 atom stereocenters. The van der Waals surface area contributed by atoms with Gasteiger partial charge in [0.05, 0.1) is 6.42 Å². The summed E-state index contributed by atoms with van der Waals surface area (Å²) in [6, 6.07) is 14.1. The Labute approximate surface area is 156 Å². The SMILES string of the molecule is O=C(Cc1ccc(Cl)cc1Cl)O[C@H](C(=O)NC1CC1)c1ccccc1. The number of hydrogen-bond donors (Lipinski definition) is 1. The third kappa shape index (κ3) is 4.97. The highest BCUT2D eigenvalue weighted by molar-refractivity contribution is 6.35. The van der Waals surface area contributed by atoms with E-state index in [0.29, 0.717) is 21.2 Å². The number of hydrogen-bond acceptors (Lipinski definition) is 3. The molecule has 0 unspecified atom stereocenters. The van der Waals surface area contributed by atoms with Crippen molar-refractivity contribution in [1.82, 2.24) is 5.32 Å². The van der Waals surface area contributed by atoms with Crippen molar-refractivity contribution in [2.24, 2.45) is 0 Å². The van der Waals surface area contributed by atoms with Gasteiger partial charge in [0, 0.05) is 21.7 Å². The van der Waals surface area contributed by atoms with Crippen molar-refractivity contribution < 1.29 is 14.3 Å². The highest BCUT2D eigenvalue weighted by atomic mass is 35.5. The highest BCUT2D eigenvalue weighted by Gasteiger charge is 2.30. The first kappa shape index (κ1) is 17.8. The lowest BCUT2D eigenvalue weighted by Crippen LogP contribution is -2.33. The van der Waals surface area contributed by atoms with Gasteiger partial charge in [-0.3, -0.25) is 9.59 Å². The van der Waals surface area contributed by atoms with Gasteiger partial charge in [0.25, 0.3) is 5.91 Å². The minimum absolute atomic E-state index is 0.0317. The average molecular weight is 378 g/mol. The van der Waals surface area contributed by atoms with Crippen LogP contribution in [-0.2, 0) is 20.7 Å². The number of nitrogens with one attached hydrogen (secondary N) is 1. The lowest BCUT2D eigenvalue weighted by atomic mass is 10.1. The van der Waals surface area contributed by atoms with Crippen molar-refractivity contribution in [2.75, 3.05) is 0 Å². The third-order valence-corrected chi connectivity index (χ3v) is 4.45. The lowest BCUT2D eigenvalue weighted by molar-refractivity contribution is -0.156. The number of halogens is 2. The zero-order valence-corrected chi connectivity index (χ0v) is 14.9. The summed E-state index contributed by atoms with van der Waals surface area (Å²) in [5.41, 5.74) is 1.24. The molecular weight excluding hydrogens is 361 g/mol. The van der Waals surface area contributed by atoms with Gasteiger partial charge >= 0.3 is 5.97 Å². The van der Waals surface area contributed by atoms with Gasteiger partial charge in [0.2, 0.25) is 6.10 Å². The van der Waals surface area contributed by atoms with E-state index < -0.39 is 12.1 Å². The smallest absolute Gasteiger partial charge is 0.311 e. The zero-order chi connectivity index (χ0) is 17.8. The first-order valence-corrected chi connectivity index (χ1v) is 8.77. The molecule has 1 fully saturated rings. The molecule has 130 valence electrons. The van der Waals surface area contributed by atoms with E-state index >= 15 is 0 Å². The van der Waals surface area contributed by atoms with Crippen LogP contribution in [0.2, 0.25) is 10.0 Å². The largest absolute Gasteiger partial charge is 0.447 e. The standard InChI is InChI=1S/C19H17Cl2NO3/c20-14-7-6-13(16(21)11-14)10-17(23)25-18(12-4-2-1-3-5-12)19(24)22-15-8-9-15/h1-7,11,15,18H,8-10H2,(H,22,24)/t18-/m0/s1. The fourth-order valence-corrected chi connectivity index (χ4v) is 2.87. The quantitative estimate of drug-likeness (QED) is 0.770. The van der Waals surface area contributed by atoms with E-state index in [1.807, 2.05) is 6.07 Å². The molecule has 0 heterocycles. The average Bonchev–Trinajstić information content (AvgIpc) is 3.40. The summed E-state index contributed by atoms with van der Waals surface area (Å²) >= 11 is 12.0. The molecule has 25 heavy (non-hydrogen) atoms. The van der Waals surface area contributed by atoms with Crippen molar-refractivity contribution in [1.29, 1.82) is 0 Å². The topological polar surface area (TPSA) is 55.4 Å². The molecule has 4 nitrogen and oxygen atoms in total. The highest BCUT2D eigenvalue weighted by Crippen LogP contribution is 2.25. The summed E-state index contributed by atoms with van der Waals surface area (Å²) in [5.74, 6) is -0.826. The first-order chi connectivity index (χ1) is 12.0. The number of carbonyl (C=O) groups is 2. The van der Waals surface area contributed by atoms with Crippen LogP contribution < -0.4 is 5.32 Å². The van der Waals surface area contributed by atoms with E-state index in [1.165, 1.54) is 0 Å². The minimum Gasteiger partial charge on any atom is -0.447 e. The molecule has 1 amide bonds. The molecule has 1 aliphatic rings. The fraction of sp³-hybridized carbons (Fsp3) is 0.263. The van der Waals surface area contributed by atoms with Crippen molar-refractivity contribution in [2.45, 2.75) is 31.4 Å². The number of benzene rings is 2. The Hall–Kier alpha value is -2.04. The van der Waals surface area contributed by atoms with Gasteiger partial charge < -0.3 is 10.1 Å². The predicted molar refractivity (Wildman–Crippen MR) is 96.6 cm³/mol. The van der Waals surface area contributed by atoms with Crippen LogP contribution in [0.1, 0.15) is 30.1 Å². The molecule has 3 rings (SSSR count). The second kappa shape index (κ2) is 7.89. The van der Waals surface area contributed by atoms with Crippen LogP contribution in [0.3, 0.4) is 0 Å². The summed E-state index contributed by atoms with van der Waals surface area (Å²) < 4.78 is 5.47. The molecular formula is C19H17Cl2NO3. The van der Waals surface area contributed by atoms with Crippen molar-refractivity contribution in [3.05, 3.63) is 69.7 Å². The van der Waals surface area contributed by atoms with Gasteiger partial charge in [-0.05, 0) is 30.5 Å². The third-order valence-electron chi connectivity index (χ3n) is 3.86. The monoisotopic (exact) mass is 377 g/mol. The number of amides is 1. The number of rotatable bonds is 6. The maximum Gasteiger partial charge on any atom is 0.311 e. The second-order valence-corrected chi connectivity index (χ2v) is 6.82. The number of carbonyl (C=O) groups excluding carboxylic acids is 2. The molecule has 1 aliphatic carbocycles. The van der Waals surface area contributed by atoms with E-state index in [-0.39, 0.29) is 18.4 Å². The van der Waals surface area contributed by atoms with Gasteiger partial charge in [0.1, 0.15) is 0 Å². The molecule has 0 saturated heterocycles. The molecule has 2 aromatic carbocycles. The Morgan fingerprint density at radius 2 is 1.84 bits per heavy atom. The van der Waals surface area contributed by atoms with E-state index in [2.05, 4.69) is 5.32 Å². The summed E-state index contributed by atoms with van der Waals surface area (Å²) in [7, 11) is 0. The van der Waals surface area contributed by atoms with Gasteiger partial charge in [-0.1, -0.05) is 59.6 Å². The Morgan fingerprint density at radius 1 is 1.12 bits per heavy atom. The molecule has 1 N–H and O–H groups in total. The molecule has 6 heteroatoms. The van der Waals surface area contributed by atoms with Crippen LogP contribution in [-0.4, -0.2) is 17.9 Å². The Balaban J connectivity index is 1.72. The molecule has 2 aromatic rings. The van der Waals surface area contributed by atoms with Crippen molar-refractivity contribution >= 4 is 35.1 Å². The number of esters is 1. The van der Waals surface area contributed by atoms with Crippen LogP contribution in [0.15, 0.2) is 48.5 Å². The van der Waals surface area contributed by atoms with Gasteiger partial charge in [-0.25, -0.2) is 0 Å². The summed E-state index contributed by atoms with van der Waals surface area (Å²) in [5, 5.41) is 3.77. The molecule has 0 bridgehead atoms.